The van der Waals surface area contributed by atoms with Gasteiger partial charge in [-0.1, -0.05) is 26.2 Å². The number of piperidine rings is 1. The van der Waals surface area contributed by atoms with Crippen molar-refractivity contribution in [1.82, 2.24) is 24.4 Å². The van der Waals surface area contributed by atoms with Gasteiger partial charge in [0.2, 0.25) is 11.8 Å². The minimum Gasteiger partial charge on any atom is -0.342 e. The molecule has 172 valence electrons. The summed E-state index contributed by atoms with van der Waals surface area (Å²) in [6.07, 6.45) is 8.64. The SMILES string of the molecule is CCC(=O)N1CCc2nc3cc([C@@H]4CCCN(C(=O)C5CCCCC5)C4)[nH]n3c(=O)c2C1. The van der Waals surface area contributed by atoms with Crippen LogP contribution < -0.4 is 5.56 Å². The fourth-order valence-corrected chi connectivity index (χ4v) is 5.68. The van der Waals surface area contributed by atoms with Crippen LogP contribution >= 0.6 is 0 Å². The second-order valence-electron chi connectivity index (χ2n) is 9.62. The van der Waals surface area contributed by atoms with E-state index >= 15 is 0 Å². The van der Waals surface area contributed by atoms with Crippen LogP contribution in [0.3, 0.4) is 0 Å². The summed E-state index contributed by atoms with van der Waals surface area (Å²) in [5, 5.41) is 3.28. The number of hydrogen-bond acceptors (Lipinski definition) is 4. The molecule has 1 atom stereocenters. The van der Waals surface area contributed by atoms with E-state index in [-0.39, 0.29) is 23.3 Å². The van der Waals surface area contributed by atoms with Crippen molar-refractivity contribution in [2.45, 2.75) is 77.2 Å². The standard InChI is InChI=1S/C24H33N5O3/c1-2-22(30)27-12-10-19-18(15-27)24(32)29-21(25-19)13-20(26-29)17-9-6-11-28(14-17)23(31)16-7-4-3-5-8-16/h13,16-17,26H,2-12,14-15H2,1H3/t17-/m1/s1. The van der Waals surface area contributed by atoms with Crippen molar-refractivity contribution in [1.29, 1.82) is 0 Å². The van der Waals surface area contributed by atoms with Gasteiger partial charge in [0, 0.05) is 56.1 Å². The highest BCUT2D eigenvalue weighted by Gasteiger charge is 2.31. The highest BCUT2D eigenvalue weighted by atomic mass is 16.2. The second kappa shape index (κ2) is 8.71. The van der Waals surface area contributed by atoms with Crippen molar-refractivity contribution in [2.24, 2.45) is 5.92 Å². The Morgan fingerprint density at radius 3 is 2.69 bits per heavy atom. The van der Waals surface area contributed by atoms with Crippen LogP contribution in [0.4, 0.5) is 0 Å². The molecule has 0 unspecified atom stereocenters. The van der Waals surface area contributed by atoms with Gasteiger partial charge < -0.3 is 9.80 Å². The number of aromatic nitrogens is 3. The Bertz CT molecular complexity index is 1080. The molecule has 1 N–H and O–H groups in total. The molecular formula is C24H33N5O3. The topological polar surface area (TPSA) is 90.8 Å². The zero-order valence-corrected chi connectivity index (χ0v) is 18.9. The Hall–Kier alpha value is -2.64. The molecule has 8 nitrogen and oxygen atoms in total. The number of aromatic amines is 1. The Kier molecular flexibility index (Phi) is 5.78. The number of carbonyl (C=O) groups is 2. The van der Waals surface area contributed by atoms with Crippen LogP contribution in [0.15, 0.2) is 10.9 Å². The van der Waals surface area contributed by atoms with Crippen LogP contribution in [-0.2, 0) is 22.6 Å². The molecule has 2 fully saturated rings. The Labute approximate surface area is 188 Å². The summed E-state index contributed by atoms with van der Waals surface area (Å²) in [5.74, 6) is 0.761. The number of rotatable bonds is 3. The third kappa shape index (κ3) is 3.84. The summed E-state index contributed by atoms with van der Waals surface area (Å²) in [6.45, 7) is 4.32. The third-order valence-corrected chi connectivity index (χ3v) is 7.56. The van der Waals surface area contributed by atoms with E-state index in [9.17, 15) is 14.4 Å². The lowest BCUT2D eigenvalue weighted by molar-refractivity contribution is -0.137. The van der Waals surface area contributed by atoms with Gasteiger partial charge in [-0.2, -0.15) is 0 Å². The number of likely N-dealkylation sites (tertiary alicyclic amines) is 1. The van der Waals surface area contributed by atoms with Gasteiger partial charge in [0.25, 0.3) is 5.56 Å². The van der Waals surface area contributed by atoms with Crippen LogP contribution in [0, 0.1) is 5.92 Å². The molecule has 2 aliphatic heterocycles. The highest BCUT2D eigenvalue weighted by molar-refractivity contribution is 5.79. The van der Waals surface area contributed by atoms with Gasteiger partial charge in [0.15, 0.2) is 5.65 Å². The molecule has 3 aliphatic rings. The monoisotopic (exact) mass is 439 g/mol. The number of carbonyl (C=O) groups excluding carboxylic acids is 2. The predicted octanol–water partition coefficient (Wildman–Crippen LogP) is 2.60. The molecule has 4 heterocycles. The highest BCUT2D eigenvalue weighted by Crippen LogP contribution is 2.31. The molecule has 8 heteroatoms. The van der Waals surface area contributed by atoms with Gasteiger partial charge in [-0.25, -0.2) is 9.50 Å². The molecule has 0 bridgehead atoms. The van der Waals surface area contributed by atoms with Crippen molar-refractivity contribution in [3.8, 4) is 0 Å². The van der Waals surface area contributed by atoms with Crippen LogP contribution in [-0.4, -0.2) is 55.8 Å². The molecule has 2 amide bonds. The summed E-state index contributed by atoms with van der Waals surface area (Å²) in [6, 6.07) is 1.98. The maximum atomic E-state index is 13.2. The number of H-pyrrole nitrogens is 1. The summed E-state index contributed by atoms with van der Waals surface area (Å²) >= 11 is 0. The summed E-state index contributed by atoms with van der Waals surface area (Å²) in [4.78, 5) is 46.9. The molecule has 32 heavy (non-hydrogen) atoms. The third-order valence-electron chi connectivity index (χ3n) is 7.56. The van der Waals surface area contributed by atoms with Gasteiger partial charge in [0.05, 0.1) is 17.8 Å². The zero-order valence-electron chi connectivity index (χ0n) is 18.9. The van der Waals surface area contributed by atoms with Crippen LogP contribution in [0.1, 0.15) is 81.2 Å². The number of amides is 2. The van der Waals surface area contributed by atoms with E-state index in [4.69, 9.17) is 4.98 Å². The van der Waals surface area contributed by atoms with Gasteiger partial charge in [0.1, 0.15) is 0 Å². The molecule has 0 spiro atoms. The van der Waals surface area contributed by atoms with E-state index in [1.807, 2.05) is 17.9 Å². The van der Waals surface area contributed by atoms with Gasteiger partial charge in [-0.15, -0.1) is 0 Å². The molecular weight excluding hydrogens is 406 g/mol. The first-order valence-electron chi connectivity index (χ1n) is 12.2. The average molecular weight is 440 g/mol. The van der Waals surface area contributed by atoms with Gasteiger partial charge in [-0.05, 0) is 25.7 Å². The number of nitrogens with zero attached hydrogens (tertiary/aromatic N) is 4. The maximum absolute atomic E-state index is 13.2. The minimum atomic E-state index is -0.115. The Morgan fingerprint density at radius 1 is 1.09 bits per heavy atom. The fourth-order valence-electron chi connectivity index (χ4n) is 5.68. The Balaban J connectivity index is 1.38. The predicted molar refractivity (Wildman–Crippen MR) is 120 cm³/mol. The Morgan fingerprint density at radius 2 is 1.91 bits per heavy atom. The first-order valence-corrected chi connectivity index (χ1v) is 12.2. The smallest absolute Gasteiger partial charge is 0.277 e. The lowest BCUT2D eigenvalue weighted by Crippen LogP contribution is -2.43. The van der Waals surface area contributed by atoms with E-state index in [1.54, 1.807) is 4.90 Å². The molecule has 2 aromatic heterocycles. The first-order chi connectivity index (χ1) is 15.5. The van der Waals surface area contributed by atoms with Crippen molar-refractivity contribution in [3.05, 3.63) is 33.4 Å². The summed E-state index contributed by atoms with van der Waals surface area (Å²) in [7, 11) is 0. The van der Waals surface area contributed by atoms with E-state index in [0.717, 1.165) is 56.5 Å². The average Bonchev–Trinajstić information content (AvgIpc) is 3.28. The van der Waals surface area contributed by atoms with E-state index in [1.165, 1.54) is 10.9 Å². The zero-order chi connectivity index (χ0) is 22.2. The van der Waals surface area contributed by atoms with E-state index in [2.05, 4.69) is 5.10 Å². The largest absolute Gasteiger partial charge is 0.342 e. The lowest BCUT2D eigenvalue weighted by atomic mass is 9.87. The maximum Gasteiger partial charge on any atom is 0.277 e. The summed E-state index contributed by atoms with van der Waals surface area (Å²) in [5.41, 5.74) is 2.91. The molecule has 1 saturated heterocycles. The van der Waals surface area contributed by atoms with Crippen LogP contribution in [0.25, 0.3) is 5.65 Å². The molecule has 5 rings (SSSR count). The molecule has 2 aromatic rings. The van der Waals surface area contributed by atoms with Crippen molar-refractivity contribution >= 4 is 17.5 Å². The molecule has 0 aromatic carbocycles. The molecule has 0 radical (unpaired) electrons. The van der Waals surface area contributed by atoms with Crippen LogP contribution in [0.2, 0.25) is 0 Å². The van der Waals surface area contributed by atoms with Crippen molar-refractivity contribution < 1.29 is 9.59 Å². The first kappa shape index (κ1) is 21.2. The van der Waals surface area contributed by atoms with E-state index < -0.39 is 0 Å². The minimum absolute atomic E-state index is 0.0669. The fraction of sp³-hybridized carbons (Fsp3) is 0.667. The second-order valence-corrected chi connectivity index (χ2v) is 9.62. The lowest BCUT2D eigenvalue weighted by Gasteiger charge is -2.35. The molecule has 1 aliphatic carbocycles. The molecule has 1 saturated carbocycles. The number of hydrogen-bond donors (Lipinski definition) is 1. The van der Waals surface area contributed by atoms with Crippen LogP contribution in [0.5, 0.6) is 0 Å². The quantitative estimate of drug-likeness (QED) is 0.796. The number of fused-ring (bicyclic) bond motifs is 2. The normalized spacial score (nSPS) is 22.2. The summed E-state index contributed by atoms with van der Waals surface area (Å²) < 4.78 is 1.52. The van der Waals surface area contributed by atoms with Gasteiger partial charge >= 0.3 is 0 Å². The number of nitrogens with one attached hydrogen (secondary N) is 1. The van der Waals surface area contributed by atoms with Crippen molar-refractivity contribution in [2.75, 3.05) is 19.6 Å². The van der Waals surface area contributed by atoms with Gasteiger partial charge in [-0.3, -0.25) is 19.5 Å². The van der Waals surface area contributed by atoms with Crippen molar-refractivity contribution in [3.63, 3.8) is 0 Å². The van der Waals surface area contributed by atoms with E-state index in [0.29, 0.717) is 49.6 Å².